The zero-order valence-electron chi connectivity index (χ0n) is 30.8. The zero-order chi connectivity index (χ0) is 37.3. The van der Waals surface area contributed by atoms with Gasteiger partial charge in [0.15, 0.2) is 0 Å². The SMILES string of the molecule is c1ccc(-c2cc(-c3ccccc3)cc(N(c3cc(-c4ccccc4)ccc3-c3ccccc3)c3cccc4c3c3ccccc3n4-c3ccccc3)c2)cc1. The topological polar surface area (TPSA) is 8.17 Å². The van der Waals surface area contributed by atoms with E-state index in [1.54, 1.807) is 0 Å². The monoisotopic (exact) mass is 714 g/mol. The van der Waals surface area contributed by atoms with E-state index in [4.69, 9.17) is 0 Å². The summed E-state index contributed by atoms with van der Waals surface area (Å²) in [4.78, 5) is 2.51. The molecule has 1 heterocycles. The van der Waals surface area contributed by atoms with Crippen molar-refractivity contribution >= 4 is 38.9 Å². The molecule has 0 spiro atoms. The van der Waals surface area contributed by atoms with Gasteiger partial charge < -0.3 is 9.47 Å². The van der Waals surface area contributed by atoms with Crippen LogP contribution in [0.15, 0.2) is 231 Å². The maximum Gasteiger partial charge on any atom is 0.0562 e. The number of hydrogen-bond acceptors (Lipinski definition) is 1. The lowest BCUT2D eigenvalue weighted by Gasteiger charge is -2.30. The predicted molar refractivity (Wildman–Crippen MR) is 237 cm³/mol. The third-order valence-corrected chi connectivity index (χ3v) is 10.8. The minimum absolute atomic E-state index is 1.08. The molecule has 264 valence electrons. The normalized spacial score (nSPS) is 11.2. The summed E-state index contributed by atoms with van der Waals surface area (Å²) in [6, 6.07) is 83.3. The highest BCUT2D eigenvalue weighted by Gasteiger charge is 2.24. The fraction of sp³-hybridized carbons (Fsp3) is 0. The largest absolute Gasteiger partial charge is 0.309 e. The fourth-order valence-electron chi connectivity index (χ4n) is 8.17. The molecule has 9 aromatic carbocycles. The van der Waals surface area contributed by atoms with E-state index >= 15 is 0 Å². The summed E-state index contributed by atoms with van der Waals surface area (Å²) in [6.07, 6.45) is 0. The minimum atomic E-state index is 1.08. The molecular formula is C54H38N2. The van der Waals surface area contributed by atoms with Crippen LogP contribution >= 0.6 is 0 Å². The van der Waals surface area contributed by atoms with Gasteiger partial charge in [0, 0.05) is 27.7 Å². The number of fused-ring (bicyclic) bond motifs is 3. The average Bonchev–Trinajstić information content (AvgIpc) is 3.63. The number of anilines is 3. The van der Waals surface area contributed by atoms with Gasteiger partial charge in [0.2, 0.25) is 0 Å². The van der Waals surface area contributed by atoms with E-state index in [9.17, 15) is 0 Å². The van der Waals surface area contributed by atoms with Crippen LogP contribution in [-0.2, 0) is 0 Å². The maximum absolute atomic E-state index is 2.51. The molecule has 0 fully saturated rings. The number of nitrogens with zero attached hydrogens (tertiary/aromatic N) is 2. The van der Waals surface area contributed by atoms with Crippen molar-refractivity contribution in [3.8, 4) is 50.2 Å². The van der Waals surface area contributed by atoms with E-state index < -0.39 is 0 Å². The summed E-state index contributed by atoms with van der Waals surface area (Å²) in [6.45, 7) is 0. The van der Waals surface area contributed by atoms with Crippen LogP contribution in [0.5, 0.6) is 0 Å². The highest BCUT2D eigenvalue weighted by Crippen LogP contribution is 2.49. The lowest BCUT2D eigenvalue weighted by Crippen LogP contribution is -2.12. The zero-order valence-corrected chi connectivity index (χ0v) is 30.8. The smallest absolute Gasteiger partial charge is 0.0562 e. The van der Waals surface area contributed by atoms with Crippen molar-refractivity contribution in [1.29, 1.82) is 0 Å². The van der Waals surface area contributed by atoms with Gasteiger partial charge in [-0.2, -0.15) is 0 Å². The molecule has 0 unspecified atom stereocenters. The molecule has 0 saturated carbocycles. The van der Waals surface area contributed by atoms with Crippen LogP contribution in [-0.4, -0.2) is 4.57 Å². The van der Waals surface area contributed by atoms with Crippen molar-refractivity contribution in [2.24, 2.45) is 0 Å². The Bertz CT molecular complexity index is 2880. The third kappa shape index (κ3) is 6.04. The van der Waals surface area contributed by atoms with Crippen LogP contribution in [0.4, 0.5) is 17.1 Å². The molecule has 0 aliphatic heterocycles. The Hall–Kier alpha value is -7.42. The highest BCUT2D eigenvalue weighted by atomic mass is 15.2. The van der Waals surface area contributed by atoms with E-state index in [1.165, 1.54) is 33.0 Å². The third-order valence-electron chi connectivity index (χ3n) is 10.8. The molecule has 0 saturated heterocycles. The van der Waals surface area contributed by atoms with Gasteiger partial charge in [-0.3, -0.25) is 0 Å². The van der Waals surface area contributed by atoms with Crippen LogP contribution in [0.2, 0.25) is 0 Å². The van der Waals surface area contributed by atoms with Crippen LogP contribution in [0, 0.1) is 0 Å². The van der Waals surface area contributed by atoms with E-state index in [-0.39, 0.29) is 0 Å². The first kappa shape index (κ1) is 33.2. The molecule has 0 aliphatic rings. The first-order valence-corrected chi connectivity index (χ1v) is 19.2. The molecule has 1 aromatic heterocycles. The Labute approximate surface area is 327 Å². The standard InChI is InChI=1S/C54H38N2/c1-6-19-39(20-7-1)43-33-34-48(42-25-12-4-13-26-42)53(38-43)56(47-36-44(40-21-8-2-9-22-40)35-45(37-47)41-23-10-3-11-24-41)52-32-18-31-51-54(52)49-29-16-17-30-50(49)55(51)46-27-14-5-15-28-46/h1-38H. The fourth-order valence-corrected chi connectivity index (χ4v) is 8.17. The van der Waals surface area contributed by atoms with Crippen LogP contribution < -0.4 is 4.90 Å². The average molecular weight is 715 g/mol. The summed E-state index contributed by atoms with van der Waals surface area (Å²) in [5, 5.41) is 2.40. The van der Waals surface area contributed by atoms with E-state index in [0.717, 1.165) is 56.1 Å². The molecule has 10 aromatic rings. The number of aromatic nitrogens is 1. The molecule has 0 bridgehead atoms. The van der Waals surface area contributed by atoms with Gasteiger partial charge in [-0.25, -0.2) is 0 Å². The molecule has 10 rings (SSSR count). The van der Waals surface area contributed by atoms with Gasteiger partial charge >= 0.3 is 0 Å². The summed E-state index contributed by atoms with van der Waals surface area (Å²) < 4.78 is 2.40. The molecule has 2 heteroatoms. The Balaban J connectivity index is 1.34. The molecule has 0 atom stereocenters. The number of benzene rings is 9. The van der Waals surface area contributed by atoms with Gasteiger partial charge in [-0.05, 0) is 93.5 Å². The first-order chi connectivity index (χ1) is 27.8. The predicted octanol–water partition coefficient (Wildman–Crippen LogP) is 14.9. The van der Waals surface area contributed by atoms with Crippen LogP contribution in [0.25, 0.3) is 72.0 Å². The molecule has 0 aliphatic carbocycles. The molecular weight excluding hydrogens is 677 g/mol. The second-order valence-electron chi connectivity index (χ2n) is 14.2. The first-order valence-electron chi connectivity index (χ1n) is 19.2. The Kier molecular flexibility index (Phi) is 8.55. The van der Waals surface area contributed by atoms with Crippen molar-refractivity contribution in [3.05, 3.63) is 231 Å². The number of hydrogen-bond donors (Lipinski definition) is 0. The summed E-state index contributed by atoms with van der Waals surface area (Å²) in [5.74, 6) is 0. The lowest BCUT2D eigenvalue weighted by atomic mass is 9.94. The second-order valence-corrected chi connectivity index (χ2v) is 14.2. The summed E-state index contributed by atoms with van der Waals surface area (Å²) in [7, 11) is 0. The van der Waals surface area contributed by atoms with Gasteiger partial charge in [0.25, 0.3) is 0 Å². The van der Waals surface area contributed by atoms with Gasteiger partial charge in [-0.15, -0.1) is 0 Å². The van der Waals surface area contributed by atoms with E-state index in [2.05, 4.69) is 240 Å². The molecule has 56 heavy (non-hydrogen) atoms. The van der Waals surface area contributed by atoms with Crippen molar-refractivity contribution < 1.29 is 0 Å². The van der Waals surface area contributed by atoms with E-state index in [0.29, 0.717) is 0 Å². The Morgan fingerprint density at radius 2 is 0.804 bits per heavy atom. The van der Waals surface area contributed by atoms with E-state index in [1.807, 2.05) is 0 Å². The molecule has 0 N–H and O–H groups in total. The van der Waals surface area contributed by atoms with Crippen molar-refractivity contribution in [2.75, 3.05) is 4.90 Å². The summed E-state index contributed by atoms with van der Waals surface area (Å²) in [5.41, 5.74) is 16.1. The highest BCUT2D eigenvalue weighted by molar-refractivity contribution is 6.17. The van der Waals surface area contributed by atoms with Crippen molar-refractivity contribution in [1.82, 2.24) is 4.57 Å². The van der Waals surface area contributed by atoms with Gasteiger partial charge in [-0.1, -0.05) is 176 Å². The Morgan fingerprint density at radius 3 is 1.41 bits per heavy atom. The maximum atomic E-state index is 2.51. The van der Waals surface area contributed by atoms with Crippen LogP contribution in [0.1, 0.15) is 0 Å². The van der Waals surface area contributed by atoms with Gasteiger partial charge in [0.05, 0.1) is 22.4 Å². The van der Waals surface area contributed by atoms with Crippen molar-refractivity contribution in [2.45, 2.75) is 0 Å². The minimum Gasteiger partial charge on any atom is -0.309 e. The number of para-hydroxylation sites is 2. The molecule has 0 radical (unpaired) electrons. The van der Waals surface area contributed by atoms with Crippen molar-refractivity contribution in [3.63, 3.8) is 0 Å². The quantitative estimate of drug-likeness (QED) is 0.152. The second kappa shape index (κ2) is 14.4. The Morgan fingerprint density at radius 1 is 0.304 bits per heavy atom. The summed E-state index contributed by atoms with van der Waals surface area (Å²) >= 11 is 0. The molecule has 0 amide bonds. The molecule has 2 nitrogen and oxygen atoms in total. The van der Waals surface area contributed by atoms with Crippen LogP contribution in [0.3, 0.4) is 0 Å². The lowest BCUT2D eigenvalue weighted by molar-refractivity contribution is 1.18. The van der Waals surface area contributed by atoms with Gasteiger partial charge in [0.1, 0.15) is 0 Å². The number of rotatable bonds is 8.